The van der Waals surface area contributed by atoms with E-state index in [2.05, 4.69) is 76.4 Å². The first-order chi connectivity index (χ1) is 34.7. The Labute approximate surface area is 413 Å². The number of aryl methyl sites for hydroxylation is 1. The molecule has 0 spiro atoms. The number of fused-ring (bicyclic) bond motifs is 11. The number of piperazine rings is 1. The Morgan fingerprint density at radius 2 is 1.73 bits per heavy atom. The number of rotatable bonds is 11. The number of H-pyrrole nitrogens is 1. The Morgan fingerprint density at radius 1 is 0.901 bits per heavy atom. The highest BCUT2D eigenvalue weighted by Gasteiger charge is 2.36. The van der Waals surface area contributed by atoms with Crippen molar-refractivity contribution in [1.82, 2.24) is 10.3 Å². The average Bonchev–Trinajstić information content (AvgIpc) is 3.83. The van der Waals surface area contributed by atoms with Crippen molar-refractivity contribution in [3.63, 3.8) is 0 Å². The fraction of sp³-hybridized carbons (Fsp3) is 0.305. The van der Waals surface area contributed by atoms with E-state index in [0.717, 1.165) is 63.4 Å². The maximum atomic E-state index is 14.9. The number of aromatic amines is 1. The standard InChI is InChI=1S/C59H59N3O9/c1-3-45-31-48-42-11-7-10-37(26-42)27-43-17-21-49-50(62(24-23-60-49)59(48)61-45)30-38-12-14-41(44(28-38)34-64)29-39(33-63)35-70-56-53(43)55-54(51(67)32-52(71-55)40-15-19-46(65)20-16-40)57(58(56)68-2)69-25-22-47(66)18-13-36-8-5-4-6-9-36/h4-16,18-20,26,28,31-32,39,43,47,49-50,60-61,63-66H,3,22-25,27,29-30,33-35H2,1-2H3. The number of phenols is 1. The minimum Gasteiger partial charge on any atom is -0.508 e. The molecule has 11 rings (SSSR count). The van der Waals surface area contributed by atoms with Gasteiger partial charge in [-0.15, -0.1) is 0 Å². The van der Waals surface area contributed by atoms with Gasteiger partial charge < -0.3 is 54.3 Å². The maximum absolute atomic E-state index is 14.9. The lowest BCUT2D eigenvalue weighted by Crippen LogP contribution is -2.58. The van der Waals surface area contributed by atoms with E-state index in [1.54, 1.807) is 18.2 Å². The predicted molar refractivity (Wildman–Crippen MR) is 276 cm³/mol. The van der Waals surface area contributed by atoms with Crippen LogP contribution in [-0.2, 0) is 32.3 Å². The van der Waals surface area contributed by atoms with Crippen molar-refractivity contribution >= 4 is 22.9 Å². The normalized spacial score (nSPS) is 19.0. The summed E-state index contributed by atoms with van der Waals surface area (Å²) in [5, 5.41) is 47.1. The molecule has 7 aromatic rings. The lowest BCUT2D eigenvalue weighted by Gasteiger charge is -2.42. The summed E-state index contributed by atoms with van der Waals surface area (Å²) in [5.41, 5.74) is 8.73. The third kappa shape index (κ3) is 9.92. The number of methoxy groups -OCH3 is 1. The first-order valence-electron chi connectivity index (χ1n) is 24.5. The predicted octanol–water partition coefficient (Wildman–Crippen LogP) is 8.34. The highest BCUT2D eigenvalue weighted by atomic mass is 16.5. The van der Waals surface area contributed by atoms with Gasteiger partial charge in [-0.05, 0) is 89.4 Å². The van der Waals surface area contributed by atoms with Crippen molar-refractivity contribution in [3.8, 4) is 57.3 Å². The fourth-order valence-corrected chi connectivity index (χ4v) is 10.3. The molecule has 12 heteroatoms. The molecular formula is C59H59N3O9. The van der Waals surface area contributed by atoms with Crippen LogP contribution in [0.5, 0.6) is 23.0 Å². The fourth-order valence-electron chi connectivity index (χ4n) is 10.3. The summed E-state index contributed by atoms with van der Waals surface area (Å²) in [5.74, 6) is 8.19. The number of nitrogens with one attached hydrogen (secondary N) is 2. The molecule has 4 aliphatic rings. The van der Waals surface area contributed by atoms with Gasteiger partial charge in [0.05, 0.1) is 56.6 Å². The van der Waals surface area contributed by atoms with Crippen molar-refractivity contribution in [2.75, 3.05) is 44.9 Å². The molecule has 0 aliphatic carbocycles. The summed E-state index contributed by atoms with van der Waals surface area (Å²) in [7, 11) is 1.50. The molecule has 4 aliphatic heterocycles. The van der Waals surface area contributed by atoms with Gasteiger partial charge in [-0.1, -0.05) is 104 Å². The molecule has 71 heavy (non-hydrogen) atoms. The molecule has 5 unspecified atom stereocenters. The lowest BCUT2D eigenvalue weighted by atomic mass is 9.86. The van der Waals surface area contributed by atoms with E-state index in [-0.39, 0.29) is 84.7 Å². The van der Waals surface area contributed by atoms with Crippen molar-refractivity contribution in [3.05, 3.63) is 165 Å². The lowest BCUT2D eigenvalue weighted by molar-refractivity contribution is 0.156. The molecular weight excluding hydrogens is 895 g/mol. The highest BCUT2D eigenvalue weighted by Crippen LogP contribution is 2.50. The van der Waals surface area contributed by atoms with Crippen LogP contribution in [0.15, 0.2) is 124 Å². The van der Waals surface area contributed by atoms with Crippen LogP contribution in [0.25, 0.3) is 39.5 Å². The minimum atomic E-state index is -0.874. The Bertz CT molecular complexity index is 3190. The van der Waals surface area contributed by atoms with Crippen molar-refractivity contribution in [2.24, 2.45) is 5.92 Å². The van der Waals surface area contributed by atoms with E-state index in [1.165, 1.54) is 25.3 Å². The van der Waals surface area contributed by atoms with E-state index >= 15 is 0 Å². The van der Waals surface area contributed by atoms with E-state index < -0.39 is 23.4 Å². The second kappa shape index (κ2) is 21.0. The first-order valence-corrected chi connectivity index (χ1v) is 24.5. The number of ether oxygens (including phenoxy) is 3. The number of aromatic nitrogens is 1. The molecule has 364 valence electrons. The van der Waals surface area contributed by atoms with Crippen molar-refractivity contribution in [2.45, 2.75) is 69.7 Å². The van der Waals surface area contributed by atoms with Crippen molar-refractivity contribution in [1.29, 1.82) is 0 Å². The van der Waals surface area contributed by atoms with Gasteiger partial charge in [-0.25, -0.2) is 0 Å². The average molecular weight is 954 g/mol. The topological polar surface area (TPSA) is 170 Å². The van der Waals surface area contributed by atoms with E-state index in [9.17, 15) is 25.2 Å². The third-order valence-electron chi connectivity index (χ3n) is 14.0. The molecule has 8 bridgehead atoms. The van der Waals surface area contributed by atoms with Crippen LogP contribution < -0.4 is 29.9 Å². The van der Waals surface area contributed by atoms with Gasteiger partial charge in [0.1, 0.15) is 22.7 Å². The summed E-state index contributed by atoms with van der Waals surface area (Å²) >= 11 is 0. The summed E-state index contributed by atoms with van der Waals surface area (Å²) in [4.78, 5) is 21.2. The second-order valence-corrected chi connectivity index (χ2v) is 18.7. The Kier molecular flexibility index (Phi) is 14.0. The molecule has 6 N–H and O–H groups in total. The number of aliphatic hydroxyl groups excluding tert-OH is 3. The van der Waals surface area contributed by atoms with Gasteiger partial charge in [0, 0.05) is 54.9 Å². The molecule has 0 radical (unpaired) electrons. The smallest absolute Gasteiger partial charge is 0.204 e. The molecule has 0 amide bonds. The van der Waals surface area contributed by atoms with Crippen molar-refractivity contribution < 1.29 is 39.1 Å². The third-order valence-corrected chi connectivity index (χ3v) is 14.0. The zero-order chi connectivity index (χ0) is 49.0. The quantitative estimate of drug-likeness (QED) is 0.0690. The molecule has 1 saturated heterocycles. The number of phenolic OH excluding ortho intramolecular Hbond substituents is 1. The van der Waals surface area contributed by atoms with E-state index in [4.69, 9.17) is 18.6 Å². The molecule has 6 heterocycles. The molecule has 1 fully saturated rings. The van der Waals surface area contributed by atoms with Crippen LogP contribution in [0.1, 0.15) is 58.3 Å². The summed E-state index contributed by atoms with van der Waals surface area (Å²) < 4.78 is 26.9. The summed E-state index contributed by atoms with van der Waals surface area (Å²) in [6, 6.07) is 34.0. The van der Waals surface area contributed by atoms with Gasteiger partial charge in [0.15, 0.2) is 22.5 Å². The first kappa shape index (κ1) is 47.4. The number of hydrogen-bond donors (Lipinski definition) is 6. The van der Waals surface area contributed by atoms with Crippen LogP contribution in [0.4, 0.5) is 5.82 Å². The van der Waals surface area contributed by atoms with Gasteiger partial charge in [0.25, 0.3) is 0 Å². The zero-order valence-electron chi connectivity index (χ0n) is 40.0. The Morgan fingerprint density at radius 3 is 2.52 bits per heavy atom. The summed E-state index contributed by atoms with van der Waals surface area (Å²) in [6.07, 6.45) is 5.09. The van der Waals surface area contributed by atoms with Crippen LogP contribution in [0.3, 0.4) is 0 Å². The van der Waals surface area contributed by atoms with Crippen LogP contribution in [-0.4, -0.2) is 83.6 Å². The van der Waals surface area contributed by atoms with Crippen LogP contribution >= 0.6 is 0 Å². The zero-order valence-corrected chi connectivity index (χ0v) is 40.0. The second-order valence-electron chi connectivity index (χ2n) is 18.7. The maximum Gasteiger partial charge on any atom is 0.204 e. The number of nitrogens with zero attached hydrogens (tertiary/aromatic N) is 1. The molecule has 12 nitrogen and oxygen atoms in total. The van der Waals surface area contributed by atoms with Crippen LogP contribution in [0, 0.1) is 17.8 Å². The number of aliphatic hydroxyl groups is 3. The van der Waals surface area contributed by atoms with Gasteiger partial charge in [-0.3, -0.25) is 4.79 Å². The molecule has 2 aromatic heterocycles. The van der Waals surface area contributed by atoms with Gasteiger partial charge in [-0.2, -0.15) is 0 Å². The number of hydrogen-bond acceptors (Lipinski definition) is 11. The SMILES string of the molecule is CCc1cc2c([nH]1)N1CCNC3C#CC(Cc4cccc-2c4)c2c(c(OC)c(OCCC(O)C=Cc4ccccc4)c4c(=O)cc(-c5ccc(O)cc5)oc24)OCC(CO)Cc2ccc(cc2CO)CC31. The van der Waals surface area contributed by atoms with Crippen LogP contribution in [0.2, 0.25) is 0 Å². The highest BCUT2D eigenvalue weighted by molar-refractivity contribution is 5.94. The largest absolute Gasteiger partial charge is 0.508 e. The van der Waals surface area contributed by atoms with Gasteiger partial charge in [0.2, 0.25) is 5.75 Å². The van der Waals surface area contributed by atoms with Gasteiger partial charge >= 0.3 is 0 Å². The monoisotopic (exact) mass is 953 g/mol. The Balaban J connectivity index is 1.22. The minimum absolute atomic E-state index is 0.00888. The van der Waals surface area contributed by atoms with E-state index in [0.29, 0.717) is 36.9 Å². The van der Waals surface area contributed by atoms with E-state index in [1.807, 2.05) is 42.5 Å². The number of anilines is 1. The molecule has 5 atom stereocenters. The molecule has 0 saturated carbocycles. The number of benzene rings is 5. The Hall–Kier alpha value is -7.27. The number of aromatic hydroxyl groups is 1. The molecule has 5 aromatic carbocycles. The summed E-state index contributed by atoms with van der Waals surface area (Å²) in [6.45, 7) is 3.13.